The number of carboxylic acid groups (broad SMARTS) is 1. The minimum atomic E-state index is -1.21. The van der Waals surface area contributed by atoms with Gasteiger partial charge >= 0.3 is 5.97 Å². The zero-order chi connectivity index (χ0) is 9.14. The molecule has 2 amide bonds. The normalized spacial score (nSPS) is 18.2. The van der Waals surface area contributed by atoms with E-state index in [0.717, 1.165) is 0 Å². The summed E-state index contributed by atoms with van der Waals surface area (Å²) in [6, 6.07) is 0. The summed E-state index contributed by atoms with van der Waals surface area (Å²) in [6.07, 6.45) is 0. The van der Waals surface area contributed by atoms with Crippen LogP contribution in [0.3, 0.4) is 0 Å². The summed E-state index contributed by atoms with van der Waals surface area (Å²) in [5, 5.41) is 8.31. The first-order chi connectivity index (χ1) is 5.61. The number of nitrogens with zero attached hydrogens (tertiary/aromatic N) is 1. The Morgan fingerprint density at radius 1 is 1.42 bits per heavy atom. The van der Waals surface area contributed by atoms with Crippen LogP contribution in [-0.2, 0) is 19.1 Å². The maximum atomic E-state index is 10.9. The van der Waals surface area contributed by atoms with Gasteiger partial charge in [-0.2, -0.15) is 0 Å². The summed E-state index contributed by atoms with van der Waals surface area (Å²) in [5.41, 5.74) is 0. The van der Waals surface area contributed by atoms with Gasteiger partial charge in [0.05, 0.1) is 0 Å². The molecule has 0 saturated carbocycles. The third kappa shape index (κ3) is 1.79. The first kappa shape index (κ1) is 8.66. The number of hydrogen-bond acceptors (Lipinski definition) is 4. The zero-order valence-electron chi connectivity index (χ0n) is 6.15. The molecule has 0 aromatic rings. The number of hydrogen-bond donors (Lipinski definition) is 1. The Kier molecular flexibility index (Phi) is 2.39. The van der Waals surface area contributed by atoms with E-state index < -0.39 is 24.3 Å². The number of carbonyl (C=O) groups excluding carboxylic acids is 2. The number of rotatable bonds is 2. The summed E-state index contributed by atoms with van der Waals surface area (Å²) < 4.78 is 4.57. The largest absolute Gasteiger partial charge is 0.480 e. The Balaban J connectivity index is 2.63. The molecule has 0 unspecified atom stereocenters. The highest BCUT2D eigenvalue weighted by Crippen LogP contribution is 1.99. The number of carbonyl (C=O) groups is 3. The van der Waals surface area contributed by atoms with Crippen molar-refractivity contribution in [2.45, 2.75) is 0 Å². The van der Waals surface area contributed by atoms with Gasteiger partial charge in [-0.25, -0.2) is 0 Å². The number of aliphatic carboxylic acids is 1. The second-order valence-corrected chi connectivity index (χ2v) is 2.26. The fraction of sp³-hybridized carbons (Fsp3) is 0.500. The van der Waals surface area contributed by atoms with E-state index in [0.29, 0.717) is 4.90 Å². The van der Waals surface area contributed by atoms with Gasteiger partial charge in [-0.05, 0) is 0 Å². The van der Waals surface area contributed by atoms with Gasteiger partial charge in [0.2, 0.25) is 0 Å². The fourth-order valence-electron chi connectivity index (χ4n) is 0.832. The van der Waals surface area contributed by atoms with Gasteiger partial charge in [0.25, 0.3) is 11.8 Å². The summed E-state index contributed by atoms with van der Waals surface area (Å²) in [5.74, 6) is -2.42. The number of carboxylic acids is 1. The maximum Gasteiger partial charge on any atom is 0.323 e. The summed E-state index contributed by atoms with van der Waals surface area (Å²) in [7, 11) is 0. The lowest BCUT2D eigenvalue weighted by atomic mass is 10.4. The van der Waals surface area contributed by atoms with Gasteiger partial charge < -0.3 is 9.84 Å². The number of amides is 2. The molecular weight excluding hydrogens is 166 g/mol. The van der Waals surface area contributed by atoms with Crippen LogP contribution in [0, 0.1) is 0 Å². The van der Waals surface area contributed by atoms with Crippen molar-refractivity contribution in [2.24, 2.45) is 0 Å². The molecule has 0 aromatic heterocycles. The Morgan fingerprint density at radius 2 is 1.92 bits per heavy atom. The van der Waals surface area contributed by atoms with Crippen LogP contribution in [0.25, 0.3) is 0 Å². The van der Waals surface area contributed by atoms with Gasteiger partial charge in [0, 0.05) is 0 Å². The van der Waals surface area contributed by atoms with Crippen molar-refractivity contribution in [3.05, 3.63) is 0 Å². The third-order valence-electron chi connectivity index (χ3n) is 1.35. The van der Waals surface area contributed by atoms with Crippen molar-refractivity contribution in [3.63, 3.8) is 0 Å². The van der Waals surface area contributed by atoms with Crippen LogP contribution < -0.4 is 0 Å². The minimum Gasteiger partial charge on any atom is -0.480 e. The molecule has 1 N–H and O–H groups in total. The molecule has 0 radical (unpaired) electrons. The first-order valence-electron chi connectivity index (χ1n) is 3.24. The van der Waals surface area contributed by atoms with Crippen molar-refractivity contribution in [1.29, 1.82) is 0 Å². The summed E-state index contributed by atoms with van der Waals surface area (Å²) >= 11 is 0. The number of ether oxygens (including phenoxy) is 1. The lowest BCUT2D eigenvalue weighted by Crippen LogP contribution is -2.48. The number of imide groups is 1. The Morgan fingerprint density at radius 3 is 2.33 bits per heavy atom. The third-order valence-corrected chi connectivity index (χ3v) is 1.35. The van der Waals surface area contributed by atoms with Crippen molar-refractivity contribution in [2.75, 3.05) is 19.8 Å². The molecular formula is C6H7NO5. The Labute approximate surface area is 67.7 Å². The van der Waals surface area contributed by atoms with Crippen LogP contribution in [0.5, 0.6) is 0 Å². The molecule has 1 rings (SSSR count). The molecule has 0 spiro atoms. The SMILES string of the molecule is O=C(O)CN1C(=O)COCC1=O. The van der Waals surface area contributed by atoms with Gasteiger partial charge in [-0.3, -0.25) is 19.3 Å². The highest BCUT2D eigenvalue weighted by molar-refractivity contribution is 6.00. The molecule has 66 valence electrons. The maximum absolute atomic E-state index is 10.9. The van der Waals surface area contributed by atoms with Crippen LogP contribution in [0.15, 0.2) is 0 Å². The summed E-state index contributed by atoms with van der Waals surface area (Å²) in [6.45, 7) is -1.03. The van der Waals surface area contributed by atoms with Crippen LogP contribution in [0.2, 0.25) is 0 Å². The van der Waals surface area contributed by atoms with Gasteiger partial charge in [0.1, 0.15) is 19.8 Å². The van der Waals surface area contributed by atoms with Gasteiger partial charge in [-0.1, -0.05) is 0 Å². The van der Waals surface area contributed by atoms with Crippen molar-refractivity contribution < 1.29 is 24.2 Å². The molecule has 1 fully saturated rings. The fourth-order valence-corrected chi connectivity index (χ4v) is 0.832. The van der Waals surface area contributed by atoms with E-state index in [1.807, 2.05) is 0 Å². The van der Waals surface area contributed by atoms with E-state index in [9.17, 15) is 14.4 Å². The molecule has 1 aliphatic heterocycles. The standard InChI is InChI=1S/C6H7NO5/c8-4-2-12-3-5(9)7(4)1-6(10)11/h1-3H2,(H,10,11). The van der Waals surface area contributed by atoms with Gasteiger partial charge in [0.15, 0.2) is 0 Å². The highest BCUT2D eigenvalue weighted by atomic mass is 16.5. The first-order valence-corrected chi connectivity index (χ1v) is 3.24. The summed E-state index contributed by atoms with van der Waals surface area (Å²) in [4.78, 5) is 32.6. The molecule has 0 bridgehead atoms. The molecule has 1 heterocycles. The topological polar surface area (TPSA) is 83.9 Å². The van der Waals surface area contributed by atoms with E-state index in [1.165, 1.54) is 0 Å². The zero-order valence-corrected chi connectivity index (χ0v) is 6.15. The average Bonchev–Trinajstić information content (AvgIpc) is 1.97. The molecule has 1 saturated heterocycles. The molecule has 12 heavy (non-hydrogen) atoms. The van der Waals surface area contributed by atoms with E-state index in [2.05, 4.69) is 4.74 Å². The number of morpholine rings is 1. The van der Waals surface area contributed by atoms with Crippen molar-refractivity contribution in [3.8, 4) is 0 Å². The van der Waals surface area contributed by atoms with Crippen LogP contribution in [0.4, 0.5) is 0 Å². The second kappa shape index (κ2) is 3.31. The van der Waals surface area contributed by atoms with Crippen molar-refractivity contribution in [1.82, 2.24) is 4.90 Å². The van der Waals surface area contributed by atoms with Crippen LogP contribution in [-0.4, -0.2) is 47.5 Å². The molecule has 1 aliphatic rings. The van der Waals surface area contributed by atoms with Crippen LogP contribution in [0.1, 0.15) is 0 Å². The molecule has 0 atom stereocenters. The predicted molar refractivity (Wildman–Crippen MR) is 35.2 cm³/mol. The molecule has 0 aliphatic carbocycles. The second-order valence-electron chi connectivity index (χ2n) is 2.26. The molecule has 6 nitrogen and oxygen atoms in total. The molecule has 0 aromatic carbocycles. The Bertz CT molecular complexity index is 220. The van der Waals surface area contributed by atoms with Crippen LogP contribution >= 0.6 is 0 Å². The van der Waals surface area contributed by atoms with E-state index >= 15 is 0 Å². The molecule has 6 heteroatoms. The Hall–Kier alpha value is -1.43. The minimum absolute atomic E-state index is 0.223. The average molecular weight is 173 g/mol. The lowest BCUT2D eigenvalue weighted by Gasteiger charge is -2.22. The predicted octanol–water partition coefficient (Wildman–Crippen LogP) is -1.54. The quantitative estimate of drug-likeness (QED) is 0.511. The van der Waals surface area contributed by atoms with E-state index in [4.69, 9.17) is 5.11 Å². The van der Waals surface area contributed by atoms with Crippen molar-refractivity contribution >= 4 is 17.8 Å². The monoisotopic (exact) mass is 173 g/mol. The lowest BCUT2D eigenvalue weighted by molar-refractivity contribution is -0.163. The smallest absolute Gasteiger partial charge is 0.323 e. The van der Waals surface area contributed by atoms with E-state index in [-0.39, 0.29) is 13.2 Å². The van der Waals surface area contributed by atoms with Gasteiger partial charge in [-0.15, -0.1) is 0 Å². The van der Waals surface area contributed by atoms with E-state index in [1.54, 1.807) is 0 Å². The highest BCUT2D eigenvalue weighted by Gasteiger charge is 2.27.